The van der Waals surface area contributed by atoms with Gasteiger partial charge in [-0.05, 0) is 78.6 Å². The zero-order valence-electron chi connectivity index (χ0n) is 21.1. The molecule has 0 radical (unpaired) electrons. The average Bonchev–Trinajstić information content (AvgIpc) is 3.21. The van der Waals surface area contributed by atoms with Gasteiger partial charge in [0.15, 0.2) is 11.5 Å². The minimum absolute atomic E-state index is 0.120. The van der Waals surface area contributed by atoms with Crippen LogP contribution in [0.15, 0.2) is 60.2 Å². The minimum Gasteiger partial charge on any atom is -0.507 e. The molecule has 1 amide bonds. The molecule has 1 saturated heterocycles. The summed E-state index contributed by atoms with van der Waals surface area (Å²) in [6.07, 6.45) is 1.59. The lowest BCUT2D eigenvalue weighted by Gasteiger charge is -2.26. The standard InChI is InChI=1S/C29H26FNO7/c1-35-22-14-18(15-23(36-2)28(22)37-3)25-24(26(32)17-6-11-21-16(13-17)5-4-12-38-21)27(33)29(34)31(25)20-9-7-19(30)8-10-20/h6-11,13-15,25,32H,4-5,12H2,1-3H3/b26-24+. The predicted octanol–water partition coefficient (Wildman–Crippen LogP) is 4.80. The first-order valence-electron chi connectivity index (χ1n) is 12.0. The van der Waals surface area contributed by atoms with Crippen molar-refractivity contribution in [2.24, 2.45) is 0 Å². The summed E-state index contributed by atoms with van der Waals surface area (Å²) in [5, 5.41) is 11.5. The number of ether oxygens (including phenoxy) is 4. The van der Waals surface area contributed by atoms with E-state index in [4.69, 9.17) is 18.9 Å². The SMILES string of the molecule is COc1cc(C2/C(=C(\O)c3ccc4c(c3)CCCO4)C(=O)C(=O)N2c2ccc(F)cc2)cc(OC)c1OC. The number of hydrogen-bond acceptors (Lipinski definition) is 7. The lowest BCUT2D eigenvalue weighted by atomic mass is 9.93. The Morgan fingerprint density at radius 2 is 1.66 bits per heavy atom. The van der Waals surface area contributed by atoms with E-state index in [0.717, 1.165) is 24.2 Å². The van der Waals surface area contributed by atoms with Gasteiger partial charge in [-0.1, -0.05) is 0 Å². The molecule has 1 N–H and O–H groups in total. The van der Waals surface area contributed by atoms with Crippen LogP contribution in [0.25, 0.3) is 5.76 Å². The summed E-state index contributed by atoms with van der Waals surface area (Å²) in [4.78, 5) is 28.1. The number of amides is 1. The molecule has 9 heteroatoms. The molecule has 2 aliphatic heterocycles. The van der Waals surface area contributed by atoms with E-state index in [1.54, 1.807) is 30.3 Å². The Morgan fingerprint density at radius 3 is 2.29 bits per heavy atom. The Kier molecular flexibility index (Phi) is 6.67. The number of benzene rings is 3. The molecule has 0 saturated carbocycles. The number of aliphatic hydroxyl groups is 1. The number of anilines is 1. The second-order valence-electron chi connectivity index (χ2n) is 8.88. The van der Waals surface area contributed by atoms with Crippen LogP contribution in [0, 0.1) is 5.82 Å². The van der Waals surface area contributed by atoms with Gasteiger partial charge in [-0.15, -0.1) is 0 Å². The number of aliphatic hydroxyl groups excluding tert-OH is 1. The van der Waals surface area contributed by atoms with Crippen LogP contribution in [-0.2, 0) is 16.0 Å². The zero-order valence-corrected chi connectivity index (χ0v) is 21.1. The maximum atomic E-state index is 13.7. The highest BCUT2D eigenvalue weighted by Gasteiger charge is 2.47. The molecule has 196 valence electrons. The molecule has 3 aromatic carbocycles. The van der Waals surface area contributed by atoms with Crippen molar-refractivity contribution < 1.29 is 38.0 Å². The largest absolute Gasteiger partial charge is 0.507 e. The highest BCUT2D eigenvalue weighted by Crippen LogP contribution is 2.47. The predicted molar refractivity (Wildman–Crippen MR) is 138 cm³/mol. The summed E-state index contributed by atoms with van der Waals surface area (Å²) < 4.78 is 35.8. The first-order chi connectivity index (χ1) is 18.4. The Balaban J connectivity index is 1.74. The molecule has 3 aromatic rings. The van der Waals surface area contributed by atoms with Crippen LogP contribution in [0.5, 0.6) is 23.0 Å². The molecular weight excluding hydrogens is 493 g/mol. The van der Waals surface area contributed by atoms with Crippen molar-refractivity contribution in [2.75, 3.05) is 32.8 Å². The van der Waals surface area contributed by atoms with Crippen molar-refractivity contribution >= 4 is 23.1 Å². The summed E-state index contributed by atoms with van der Waals surface area (Å²) in [6.45, 7) is 0.613. The van der Waals surface area contributed by atoms with E-state index in [1.807, 2.05) is 0 Å². The van der Waals surface area contributed by atoms with E-state index in [1.165, 1.54) is 50.5 Å². The van der Waals surface area contributed by atoms with Gasteiger partial charge in [0.1, 0.15) is 17.3 Å². The third kappa shape index (κ3) is 4.19. The Labute approximate surface area is 218 Å². The molecule has 2 aliphatic rings. The number of ketones is 1. The van der Waals surface area contributed by atoms with Crippen LogP contribution in [0.4, 0.5) is 10.1 Å². The van der Waals surface area contributed by atoms with Gasteiger partial charge in [-0.25, -0.2) is 4.39 Å². The van der Waals surface area contributed by atoms with Gasteiger partial charge in [-0.3, -0.25) is 14.5 Å². The number of rotatable bonds is 6. The number of halogens is 1. The van der Waals surface area contributed by atoms with Gasteiger partial charge in [0.05, 0.1) is 39.6 Å². The summed E-state index contributed by atoms with van der Waals surface area (Å²) in [7, 11) is 4.37. The first kappa shape index (κ1) is 25.1. The molecule has 1 unspecified atom stereocenters. The van der Waals surface area contributed by atoms with Gasteiger partial charge < -0.3 is 24.1 Å². The average molecular weight is 520 g/mol. The summed E-state index contributed by atoms with van der Waals surface area (Å²) in [6, 6.07) is 12.5. The monoisotopic (exact) mass is 519 g/mol. The van der Waals surface area contributed by atoms with Gasteiger partial charge >= 0.3 is 0 Å². The minimum atomic E-state index is -1.07. The Hall–Kier alpha value is -4.53. The van der Waals surface area contributed by atoms with Gasteiger partial charge in [-0.2, -0.15) is 0 Å². The fourth-order valence-electron chi connectivity index (χ4n) is 4.94. The van der Waals surface area contributed by atoms with Crippen molar-refractivity contribution in [3.05, 3.63) is 82.7 Å². The lowest BCUT2D eigenvalue weighted by molar-refractivity contribution is -0.132. The third-order valence-corrected chi connectivity index (χ3v) is 6.73. The van der Waals surface area contributed by atoms with E-state index >= 15 is 0 Å². The van der Waals surface area contributed by atoms with E-state index < -0.39 is 23.5 Å². The number of nitrogens with zero attached hydrogens (tertiary/aromatic N) is 1. The van der Waals surface area contributed by atoms with Crippen molar-refractivity contribution in [3.8, 4) is 23.0 Å². The van der Waals surface area contributed by atoms with Crippen LogP contribution in [0.1, 0.15) is 29.2 Å². The highest BCUT2D eigenvalue weighted by atomic mass is 19.1. The molecule has 0 aliphatic carbocycles. The number of carbonyl (C=O) groups excluding carboxylic acids is 2. The molecule has 0 aromatic heterocycles. The molecule has 38 heavy (non-hydrogen) atoms. The lowest BCUT2D eigenvalue weighted by Crippen LogP contribution is -2.29. The summed E-state index contributed by atoms with van der Waals surface area (Å²) in [5.41, 5.74) is 1.86. The fourth-order valence-corrected chi connectivity index (χ4v) is 4.94. The van der Waals surface area contributed by atoms with Crippen molar-refractivity contribution in [2.45, 2.75) is 18.9 Å². The van der Waals surface area contributed by atoms with Crippen LogP contribution in [0.3, 0.4) is 0 Å². The smallest absolute Gasteiger partial charge is 0.300 e. The van der Waals surface area contributed by atoms with Crippen molar-refractivity contribution in [3.63, 3.8) is 0 Å². The number of carbonyl (C=O) groups is 2. The third-order valence-electron chi connectivity index (χ3n) is 6.73. The van der Waals surface area contributed by atoms with Gasteiger partial charge in [0.25, 0.3) is 11.7 Å². The first-order valence-corrected chi connectivity index (χ1v) is 12.0. The number of methoxy groups -OCH3 is 3. The fraction of sp³-hybridized carbons (Fsp3) is 0.241. The van der Waals surface area contributed by atoms with Crippen LogP contribution >= 0.6 is 0 Å². The Morgan fingerprint density at radius 1 is 0.974 bits per heavy atom. The number of Topliss-reactive ketones (excluding diaryl/α,β-unsaturated/α-hetero) is 1. The van der Waals surface area contributed by atoms with Crippen molar-refractivity contribution in [1.82, 2.24) is 0 Å². The summed E-state index contributed by atoms with van der Waals surface area (Å²) >= 11 is 0. The second-order valence-corrected chi connectivity index (χ2v) is 8.88. The molecular formula is C29H26FNO7. The van der Waals surface area contributed by atoms with E-state index in [2.05, 4.69) is 0 Å². The molecule has 8 nitrogen and oxygen atoms in total. The number of fused-ring (bicyclic) bond motifs is 1. The van der Waals surface area contributed by atoms with E-state index in [9.17, 15) is 19.1 Å². The molecule has 5 rings (SSSR count). The maximum absolute atomic E-state index is 13.7. The maximum Gasteiger partial charge on any atom is 0.300 e. The van der Waals surface area contributed by atoms with Crippen LogP contribution < -0.4 is 23.8 Å². The summed E-state index contributed by atoms with van der Waals surface area (Å²) in [5.74, 6) is -0.911. The second kappa shape index (κ2) is 10.1. The molecule has 1 atom stereocenters. The van der Waals surface area contributed by atoms with E-state index in [0.29, 0.717) is 35.0 Å². The van der Waals surface area contributed by atoms with Crippen molar-refractivity contribution in [1.29, 1.82) is 0 Å². The number of aryl methyl sites for hydroxylation is 1. The van der Waals surface area contributed by atoms with Crippen LogP contribution in [-0.4, -0.2) is 44.7 Å². The van der Waals surface area contributed by atoms with Gasteiger partial charge in [0.2, 0.25) is 5.75 Å². The zero-order chi connectivity index (χ0) is 27.0. The number of hydrogen-bond donors (Lipinski definition) is 1. The molecule has 0 bridgehead atoms. The van der Waals surface area contributed by atoms with E-state index in [-0.39, 0.29) is 17.0 Å². The molecule has 0 spiro atoms. The molecule has 2 heterocycles. The van der Waals surface area contributed by atoms with Crippen LogP contribution in [0.2, 0.25) is 0 Å². The highest BCUT2D eigenvalue weighted by molar-refractivity contribution is 6.51. The normalized spacial score (nSPS) is 18.1. The Bertz CT molecular complexity index is 1420. The topological polar surface area (TPSA) is 94.5 Å². The van der Waals surface area contributed by atoms with Gasteiger partial charge in [0, 0.05) is 11.3 Å². The quantitative estimate of drug-likeness (QED) is 0.284. The molecule has 1 fully saturated rings.